The SMILES string of the molecule is CCOC(=O)c1c(O)c2c(Cc3cccc(-c4cccc(CN)c4)c3)ccnc2n(O)c1=O. The number of hydrogen-bond acceptors (Lipinski definition) is 7. The Morgan fingerprint density at radius 1 is 1.09 bits per heavy atom. The Labute approximate surface area is 189 Å². The van der Waals surface area contributed by atoms with Crippen molar-refractivity contribution in [3.8, 4) is 16.9 Å². The van der Waals surface area contributed by atoms with Crippen molar-refractivity contribution in [2.24, 2.45) is 5.73 Å². The Hall–Kier alpha value is -4.17. The summed E-state index contributed by atoms with van der Waals surface area (Å²) in [4.78, 5) is 28.7. The quantitative estimate of drug-likeness (QED) is 0.307. The molecule has 8 nitrogen and oxygen atoms in total. The number of fused-ring (bicyclic) bond motifs is 1. The predicted octanol–water partition coefficient (Wildman–Crippen LogP) is 3.23. The third kappa shape index (κ3) is 4.16. The van der Waals surface area contributed by atoms with Gasteiger partial charge in [-0.3, -0.25) is 4.79 Å². The standard InChI is InChI=1S/C25H23N3O5/c1-2-33-25(31)21-22(29)20-19(9-10-27-23(20)28(32)24(21)30)12-15-5-3-7-17(11-15)18-8-4-6-16(13-18)14-26/h3-11,13,29,32H,2,12,14,26H2,1H3. The van der Waals surface area contributed by atoms with E-state index in [1.807, 2.05) is 48.5 Å². The second-order valence-electron chi connectivity index (χ2n) is 7.51. The van der Waals surface area contributed by atoms with E-state index in [4.69, 9.17) is 10.5 Å². The summed E-state index contributed by atoms with van der Waals surface area (Å²) in [6, 6.07) is 17.5. The van der Waals surface area contributed by atoms with Crippen LogP contribution in [0.4, 0.5) is 0 Å². The summed E-state index contributed by atoms with van der Waals surface area (Å²) in [7, 11) is 0. The number of rotatable bonds is 6. The summed E-state index contributed by atoms with van der Waals surface area (Å²) in [5.41, 5.74) is 8.45. The van der Waals surface area contributed by atoms with Gasteiger partial charge in [0, 0.05) is 12.7 Å². The Morgan fingerprint density at radius 2 is 1.76 bits per heavy atom. The molecule has 4 rings (SSSR count). The molecule has 0 radical (unpaired) electrons. The maximum Gasteiger partial charge on any atom is 0.347 e. The van der Waals surface area contributed by atoms with Crippen LogP contribution in [0.25, 0.3) is 22.2 Å². The van der Waals surface area contributed by atoms with E-state index in [1.54, 1.807) is 13.0 Å². The van der Waals surface area contributed by atoms with Crippen LogP contribution in [0.2, 0.25) is 0 Å². The second-order valence-corrected chi connectivity index (χ2v) is 7.51. The molecule has 0 atom stereocenters. The molecule has 0 aliphatic carbocycles. The van der Waals surface area contributed by atoms with Gasteiger partial charge in [0.25, 0.3) is 0 Å². The Balaban J connectivity index is 1.81. The largest absolute Gasteiger partial charge is 0.506 e. The minimum Gasteiger partial charge on any atom is -0.506 e. The molecule has 4 aromatic rings. The van der Waals surface area contributed by atoms with Crippen molar-refractivity contribution in [1.82, 2.24) is 9.71 Å². The van der Waals surface area contributed by atoms with Crippen molar-refractivity contribution in [2.75, 3.05) is 6.61 Å². The normalized spacial score (nSPS) is 11.0. The summed E-state index contributed by atoms with van der Waals surface area (Å²) in [6.45, 7) is 2.04. The molecular formula is C25H23N3O5. The van der Waals surface area contributed by atoms with Crippen LogP contribution in [0, 0.1) is 0 Å². The summed E-state index contributed by atoms with van der Waals surface area (Å²) in [5.74, 6) is -1.57. The molecule has 4 N–H and O–H groups in total. The highest BCUT2D eigenvalue weighted by Gasteiger charge is 2.25. The number of nitrogens with zero attached hydrogens (tertiary/aromatic N) is 2. The molecule has 0 amide bonds. The van der Waals surface area contributed by atoms with Crippen LogP contribution in [0.5, 0.6) is 5.75 Å². The van der Waals surface area contributed by atoms with Crippen LogP contribution in [0.3, 0.4) is 0 Å². The lowest BCUT2D eigenvalue weighted by atomic mass is 9.96. The van der Waals surface area contributed by atoms with E-state index >= 15 is 0 Å². The first-order valence-corrected chi connectivity index (χ1v) is 10.4. The average Bonchev–Trinajstić information content (AvgIpc) is 2.83. The highest BCUT2D eigenvalue weighted by Crippen LogP contribution is 2.31. The van der Waals surface area contributed by atoms with Gasteiger partial charge in [-0.05, 0) is 53.3 Å². The molecule has 0 aliphatic heterocycles. The first-order valence-electron chi connectivity index (χ1n) is 10.4. The first kappa shape index (κ1) is 22.0. The highest BCUT2D eigenvalue weighted by atomic mass is 16.5. The maximum atomic E-state index is 12.4. The molecule has 0 saturated carbocycles. The number of aromatic nitrogens is 2. The fourth-order valence-electron chi connectivity index (χ4n) is 3.83. The summed E-state index contributed by atoms with van der Waals surface area (Å²) in [6.07, 6.45) is 1.79. The molecule has 8 heteroatoms. The lowest BCUT2D eigenvalue weighted by Gasteiger charge is -2.13. The molecule has 0 saturated heterocycles. The predicted molar refractivity (Wildman–Crippen MR) is 123 cm³/mol. The van der Waals surface area contributed by atoms with E-state index in [9.17, 15) is 19.9 Å². The minimum atomic E-state index is -1.09. The topological polar surface area (TPSA) is 128 Å². The molecule has 2 aromatic carbocycles. The number of nitrogens with two attached hydrogens (primary N) is 1. The highest BCUT2D eigenvalue weighted by molar-refractivity contribution is 5.99. The van der Waals surface area contributed by atoms with Crippen molar-refractivity contribution < 1.29 is 19.8 Å². The lowest BCUT2D eigenvalue weighted by Crippen LogP contribution is -2.27. The lowest BCUT2D eigenvalue weighted by molar-refractivity contribution is 0.0515. The molecule has 168 valence electrons. The van der Waals surface area contributed by atoms with Crippen LogP contribution < -0.4 is 11.3 Å². The van der Waals surface area contributed by atoms with E-state index in [0.717, 1.165) is 22.3 Å². The fourth-order valence-corrected chi connectivity index (χ4v) is 3.83. The third-order valence-corrected chi connectivity index (χ3v) is 5.39. The van der Waals surface area contributed by atoms with Crippen molar-refractivity contribution in [1.29, 1.82) is 0 Å². The van der Waals surface area contributed by atoms with Crippen LogP contribution in [-0.2, 0) is 17.7 Å². The second kappa shape index (κ2) is 9.13. The number of ether oxygens (including phenoxy) is 1. The summed E-state index contributed by atoms with van der Waals surface area (Å²) < 4.78 is 5.15. The van der Waals surface area contributed by atoms with Gasteiger partial charge in [0.05, 0.1) is 12.0 Å². The molecule has 0 spiro atoms. The number of carbonyl (C=O) groups excluding carboxylic acids is 1. The van der Waals surface area contributed by atoms with Crippen LogP contribution in [-0.4, -0.2) is 32.6 Å². The maximum absolute atomic E-state index is 12.4. The molecule has 0 bridgehead atoms. The van der Waals surface area contributed by atoms with E-state index in [-0.39, 0.29) is 22.4 Å². The van der Waals surface area contributed by atoms with Gasteiger partial charge in [0.15, 0.2) is 11.2 Å². The van der Waals surface area contributed by atoms with Gasteiger partial charge in [-0.1, -0.05) is 42.5 Å². The Bertz CT molecular complexity index is 1410. The third-order valence-electron chi connectivity index (χ3n) is 5.39. The van der Waals surface area contributed by atoms with E-state index < -0.39 is 22.8 Å². The number of hydrogen-bond donors (Lipinski definition) is 3. The zero-order chi connectivity index (χ0) is 23.5. The van der Waals surface area contributed by atoms with Gasteiger partial charge in [-0.2, -0.15) is 0 Å². The number of esters is 1. The molecule has 0 unspecified atom stereocenters. The molecule has 0 aliphatic rings. The number of benzene rings is 2. The van der Waals surface area contributed by atoms with Gasteiger partial charge in [0.2, 0.25) is 0 Å². The molecule has 2 heterocycles. The number of pyridine rings is 2. The van der Waals surface area contributed by atoms with E-state index in [1.165, 1.54) is 6.20 Å². The molecule has 0 fully saturated rings. The van der Waals surface area contributed by atoms with Gasteiger partial charge < -0.3 is 20.8 Å². The van der Waals surface area contributed by atoms with Crippen LogP contribution >= 0.6 is 0 Å². The summed E-state index contributed by atoms with van der Waals surface area (Å²) in [5, 5.41) is 21.3. The van der Waals surface area contributed by atoms with Gasteiger partial charge >= 0.3 is 11.5 Å². The van der Waals surface area contributed by atoms with Gasteiger partial charge in [-0.25, -0.2) is 9.78 Å². The van der Waals surface area contributed by atoms with Gasteiger partial charge in [-0.15, -0.1) is 4.73 Å². The van der Waals surface area contributed by atoms with Gasteiger partial charge in [0.1, 0.15) is 5.75 Å². The van der Waals surface area contributed by atoms with Crippen molar-refractivity contribution in [2.45, 2.75) is 19.9 Å². The molecular weight excluding hydrogens is 422 g/mol. The van der Waals surface area contributed by atoms with E-state index in [0.29, 0.717) is 18.5 Å². The number of aromatic hydroxyl groups is 1. The fraction of sp³-hybridized carbons (Fsp3) is 0.160. The first-order chi connectivity index (χ1) is 15.9. The zero-order valence-corrected chi connectivity index (χ0v) is 18.0. The van der Waals surface area contributed by atoms with Crippen molar-refractivity contribution >= 4 is 17.0 Å². The van der Waals surface area contributed by atoms with E-state index in [2.05, 4.69) is 4.98 Å². The van der Waals surface area contributed by atoms with Crippen LogP contribution in [0.15, 0.2) is 65.6 Å². The average molecular weight is 445 g/mol. The Morgan fingerprint density at radius 3 is 2.42 bits per heavy atom. The summed E-state index contributed by atoms with van der Waals surface area (Å²) >= 11 is 0. The van der Waals surface area contributed by atoms with Crippen LogP contribution in [0.1, 0.15) is 34.0 Å². The Kier molecular flexibility index (Phi) is 6.10. The zero-order valence-electron chi connectivity index (χ0n) is 18.0. The smallest absolute Gasteiger partial charge is 0.347 e. The molecule has 33 heavy (non-hydrogen) atoms. The monoisotopic (exact) mass is 445 g/mol. The van der Waals surface area contributed by atoms with Crippen molar-refractivity contribution in [3.63, 3.8) is 0 Å². The minimum absolute atomic E-state index is 0.0131. The van der Waals surface area contributed by atoms with Crippen molar-refractivity contribution in [3.05, 3.63) is 93.4 Å². The molecule has 2 aromatic heterocycles. The number of carbonyl (C=O) groups is 1.